The number of rotatable bonds is 3. The number of nitrogens with zero attached hydrogens (tertiary/aromatic N) is 3. The van der Waals surface area contributed by atoms with Crippen LogP contribution in [0.4, 0.5) is 0 Å². The van der Waals surface area contributed by atoms with E-state index >= 15 is 0 Å². The summed E-state index contributed by atoms with van der Waals surface area (Å²) < 4.78 is 8.00. The van der Waals surface area contributed by atoms with E-state index in [1.165, 1.54) is 12.1 Å². The first-order valence-corrected chi connectivity index (χ1v) is 7.00. The van der Waals surface area contributed by atoms with Crippen molar-refractivity contribution in [1.82, 2.24) is 14.5 Å². The number of aromatic nitrogens is 3. The Hall–Kier alpha value is -1.84. The van der Waals surface area contributed by atoms with Gasteiger partial charge in [0, 0.05) is 30.1 Å². The first-order chi connectivity index (χ1) is 9.31. The predicted molar refractivity (Wildman–Crippen MR) is 72.2 cm³/mol. The lowest BCUT2D eigenvalue weighted by atomic mass is 10.2. The van der Waals surface area contributed by atoms with Crippen LogP contribution in [0.15, 0.2) is 18.3 Å². The van der Waals surface area contributed by atoms with Crippen molar-refractivity contribution in [3.05, 3.63) is 29.7 Å². The van der Waals surface area contributed by atoms with E-state index < -0.39 is 0 Å². The second-order valence-electron chi connectivity index (χ2n) is 5.43. The van der Waals surface area contributed by atoms with Gasteiger partial charge in [0.1, 0.15) is 11.9 Å². The molecule has 1 fully saturated rings. The molecule has 2 aliphatic rings. The summed E-state index contributed by atoms with van der Waals surface area (Å²) in [5, 5.41) is 0. The molecule has 1 saturated carbocycles. The Bertz CT molecular complexity index is 611. The fourth-order valence-electron chi connectivity index (χ4n) is 2.73. The molecule has 0 N–H and O–H groups in total. The average Bonchev–Trinajstić information content (AvgIpc) is 3.00. The summed E-state index contributed by atoms with van der Waals surface area (Å²) in [6.07, 6.45) is 6.98. The van der Waals surface area contributed by atoms with E-state index in [2.05, 4.69) is 27.5 Å². The van der Waals surface area contributed by atoms with E-state index in [0.717, 1.165) is 48.8 Å². The van der Waals surface area contributed by atoms with Gasteiger partial charge < -0.3 is 9.30 Å². The Balaban J connectivity index is 1.66. The first kappa shape index (κ1) is 11.0. The molecule has 4 rings (SSSR count). The van der Waals surface area contributed by atoms with E-state index in [-0.39, 0.29) is 0 Å². The van der Waals surface area contributed by atoms with E-state index in [9.17, 15) is 0 Å². The number of aryl methyl sites for hydroxylation is 1. The van der Waals surface area contributed by atoms with Crippen molar-refractivity contribution in [2.24, 2.45) is 0 Å². The molecule has 0 saturated heterocycles. The van der Waals surface area contributed by atoms with Gasteiger partial charge in [0.25, 0.3) is 0 Å². The zero-order chi connectivity index (χ0) is 12.8. The first-order valence-electron chi connectivity index (χ1n) is 7.00. The average molecular weight is 255 g/mol. The van der Waals surface area contributed by atoms with E-state index in [0.29, 0.717) is 6.10 Å². The molecule has 2 aromatic heterocycles. The molecule has 2 aromatic rings. The Kier molecular flexibility index (Phi) is 2.37. The fraction of sp³-hybridized carbons (Fsp3) is 0.467. The maximum Gasteiger partial charge on any atom is 0.213 e. The van der Waals surface area contributed by atoms with Gasteiger partial charge in [-0.3, -0.25) is 0 Å². The van der Waals surface area contributed by atoms with Crippen molar-refractivity contribution < 1.29 is 4.74 Å². The summed E-state index contributed by atoms with van der Waals surface area (Å²) in [4.78, 5) is 9.08. The van der Waals surface area contributed by atoms with Crippen LogP contribution in [-0.4, -0.2) is 20.6 Å². The Morgan fingerprint density at radius 3 is 2.95 bits per heavy atom. The van der Waals surface area contributed by atoms with Crippen LogP contribution in [0.2, 0.25) is 0 Å². The van der Waals surface area contributed by atoms with Crippen LogP contribution >= 0.6 is 0 Å². The normalized spacial score (nSPS) is 17.5. The van der Waals surface area contributed by atoms with Gasteiger partial charge in [-0.15, -0.1) is 0 Å². The third-order valence-electron chi connectivity index (χ3n) is 3.87. The molecule has 98 valence electrons. The van der Waals surface area contributed by atoms with E-state index in [1.807, 2.05) is 12.3 Å². The van der Waals surface area contributed by atoms with Gasteiger partial charge in [-0.1, -0.05) is 0 Å². The molecule has 1 aliphatic heterocycles. The lowest BCUT2D eigenvalue weighted by Gasteiger charge is -2.06. The van der Waals surface area contributed by atoms with Crippen molar-refractivity contribution in [3.63, 3.8) is 0 Å². The molecular formula is C15H17N3O. The Morgan fingerprint density at radius 1 is 1.32 bits per heavy atom. The highest BCUT2D eigenvalue weighted by atomic mass is 16.5. The van der Waals surface area contributed by atoms with Crippen LogP contribution in [0, 0.1) is 6.92 Å². The van der Waals surface area contributed by atoms with Crippen molar-refractivity contribution in [3.8, 4) is 17.3 Å². The monoisotopic (exact) mass is 255 g/mol. The zero-order valence-electron chi connectivity index (χ0n) is 11.1. The molecule has 1 aliphatic carbocycles. The van der Waals surface area contributed by atoms with Gasteiger partial charge in [0.2, 0.25) is 5.88 Å². The third kappa shape index (κ3) is 1.91. The SMILES string of the molecule is Cc1nc(-c2ccc(OC3CC3)nc2)n2c1CCC2. The number of ether oxygens (including phenoxy) is 1. The van der Waals surface area contributed by atoms with Gasteiger partial charge in [-0.05, 0) is 38.7 Å². The maximum atomic E-state index is 5.68. The Morgan fingerprint density at radius 2 is 2.21 bits per heavy atom. The fourth-order valence-corrected chi connectivity index (χ4v) is 2.73. The minimum atomic E-state index is 0.399. The lowest BCUT2D eigenvalue weighted by molar-refractivity contribution is 0.291. The van der Waals surface area contributed by atoms with Gasteiger partial charge in [-0.2, -0.15) is 0 Å². The smallest absolute Gasteiger partial charge is 0.213 e. The highest BCUT2D eigenvalue weighted by molar-refractivity contribution is 5.56. The minimum Gasteiger partial charge on any atom is -0.474 e. The minimum absolute atomic E-state index is 0.399. The molecule has 19 heavy (non-hydrogen) atoms. The molecule has 0 unspecified atom stereocenters. The number of fused-ring (bicyclic) bond motifs is 1. The van der Waals surface area contributed by atoms with Crippen LogP contribution < -0.4 is 4.74 Å². The second-order valence-corrected chi connectivity index (χ2v) is 5.43. The van der Waals surface area contributed by atoms with Gasteiger partial charge in [0.15, 0.2) is 0 Å². The number of hydrogen-bond acceptors (Lipinski definition) is 3. The molecule has 0 amide bonds. The van der Waals surface area contributed by atoms with Crippen LogP contribution in [0.1, 0.15) is 30.7 Å². The van der Waals surface area contributed by atoms with Crippen LogP contribution in [0.3, 0.4) is 0 Å². The third-order valence-corrected chi connectivity index (χ3v) is 3.87. The van der Waals surface area contributed by atoms with E-state index in [1.54, 1.807) is 0 Å². The number of pyridine rings is 1. The van der Waals surface area contributed by atoms with Gasteiger partial charge in [-0.25, -0.2) is 9.97 Å². The van der Waals surface area contributed by atoms with E-state index in [4.69, 9.17) is 4.74 Å². The molecule has 0 radical (unpaired) electrons. The molecule has 3 heterocycles. The van der Waals surface area contributed by atoms with Crippen molar-refractivity contribution in [2.75, 3.05) is 0 Å². The molecule has 0 aromatic carbocycles. The molecule has 0 spiro atoms. The van der Waals surface area contributed by atoms with Crippen molar-refractivity contribution in [2.45, 2.75) is 45.3 Å². The number of hydrogen-bond donors (Lipinski definition) is 0. The summed E-state index contributed by atoms with van der Waals surface area (Å²) in [6.45, 7) is 3.17. The lowest BCUT2D eigenvalue weighted by Crippen LogP contribution is -1.99. The predicted octanol–water partition coefficient (Wildman–Crippen LogP) is 2.74. The Labute approximate surface area is 112 Å². The number of imidazole rings is 1. The van der Waals surface area contributed by atoms with Crippen LogP contribution in [-0.2, 0) is 13.0 Å². The summed E-state index contributed by atoms with van der Waals surface area (Å²) in [5.74, 6) is 1.78. The summed E-state index contributed by atoms with van der Waals surface area (Å²) in [7, 11) is 0. The molecule has 4 heteroatoms. The molecule has 4 nitrogen and oxygen atoms in total. The topological polar surface area (TPSA) is 39.9 Å². The van der Waals surface area contributed by atoms with Gasteiger partial charge in [0.05, 0.1) is 5.69 Å². The summed E-state index contributed by atoms with van der Waals surface area (Å²) >= 11 is 0. The highest BCUT2D eigenvalue weighted by Gasteiger charge is 2.24. The zero-order valence-corrected chi connectivity index (χ0v) is 11.1. The van der Waals surface area contributed by atoms with Crippen LogP contribution in [0.5, 0.6) is 5.88 Å². The second kappa shape index (κ2) is 4.08. The quantitative estimate of drug-likeness (QED) is 0.846. The largest absolute Gasteiger partial charge is 0.474 e. The van der Waals surface area contributed by atoms with Crippen molar-refractivity contribution >= 4 is 0 Å². The highest BCUT2D eigenvalue weighted by Crippen LogP contribution is 2.29. The van der Waals surface area contributed by atoms with Gasteiger partial charge >= 0.3 is 0 Å². The standard InChI is InChI=1S/C15H17N3O/c1-10-13-3-2-8-18(13)15(17-10)11-4-7-14(16-9-11)19-12-5-6-12/h4,7,9,12H,2-3,5-6,8H2,1H3. The maximum absolute atomic E-state index is 5.68. The van der Waals surface area contributed by atoms with Crippen LogP contribution in [0.25, 0.3) is 11.4 Å². The summed E-state index contributed by atoms with van der Waals surface area (Å²) in [5.41, 5.74) is 3.62. The molecular weight excluding hydrogens is 238 g/mol. The summed E-state index contributed by atoms with van der Waals surface area (Å²) in [6, 6.07) is 4.03. The molecule has 0 atom stereocenters. The van der Waals surface area contributed by atoms with Crippen molar-refractivity contribution in [1.29, 1.82) is 0 Å². The molecule has 0 bridgehead atoms.